The van der Waals surface area contributed by atoms with Gasteiger partial charge in [-0.25, -0.2) is 0 Å². The molecule has 2 aliphatic heterocycles. The number of rotatable bonds is 6. The maximum atomic E-state index is 11.8. The van der Waals surface area contributed by atoms with Gasteiger partial charge in [0.2, 0.25) is 0 Å². The molecule has 0 aromatic rings. The van der Waals surface area contributed by atoms with E-state index in [9.17, 15) is 9.59 Å². The van der Waals surface area contributed by atoms with Crippen molar-refractivity contribution in [2.24, 2.45) is 11.8 Å². The molecule has 0 bridgehead atoms. The van der Waals surface area contributed by atoms with Gasteiger partial charge in [-0.3, -0.25) is 9.59 Å². The fourth-order valence-corrected chi connectivity index (χ4v) is 6.44. The summed E-state index contributed by atoms with van der Waals surface area (Å²) in [5, 5.41) is 3.36. The Bertz CT molecular complexity index is 441. The Morgan fingerprint density at radius 3 is 1.65 bits per heavy atom. The second-order valence-electron chi connectivity index (χ2n) is 7.33. The summed E-state index contributed by atoms with van der Waals surface area (Å²) in [6, 6.07) is 0. The third kappa shape index (κ3) is 4.38. The number of esters is 2. The van der Waals surface area contributed by atoms with Gasteiger partial charge in [0.25, 0.3) is 0 Å². The van der Waals surface area contributed by atoms with Crippen molar-refractivity contribution in [2.75, 3.05) is 13.2 Å². The fraction of sp³-hybridized carbons (Fsp3) is 0.882. The average Bonchev–Trinajstić information content (AvgIpc) is 3.43. The molecule has 6 atom stereocenters. The van der Waals surface area contributed by atoms with E-state index in [-0.39, 0.29) is 6.42 Å². The Balaban J connectivity index is 1.09. The van der Waals surface area contributed by atoms with Gasteiger partial charge in [0.1, 0.15) is 6.42 Å². The van der Waals surface area contributed by atoms with E-state index in [1.54, 1.807) is 0 Å². The first-order valence-electron chi connectivity index (χ1n) is 8.79. The summed E-state index contributed by atoms with van der Waals surface area (Å²) in [4.78, 5) is 23.5. The zero-order valence-corrected chi connectivity index (χ0v) is 14.9. The van der Waals surface area contributed by atoms with Crippen molar-refractivity contribution in [2.45, 2.75) is 65.9 Å². The molecule has 23 heavy (non-hydrogen) atoms. The Morgan fingerprint density at radius 1 is 0.739 bits per heavy atom. The molecule has 6 unspecified atom stereocenters. The summed E-state index contributed by atoms with van der Waals surface area (Å²) in [7, 11) is 0. The predicted octanol–water partition coefficient (Wildman–Crippen LogP) is 3.03. The number of ether oxygens (including phenoxy) is 2. The third-order valence-electron chi connectivity index (χ3n) is 5.47. The molecule has 0 radical (unpaired) electrons. The van der Waals surface area contributed by atoms with Crippen LogP contribution in [0, 0.1) is 11.8 Å². The molecule has 0 N–H and O–H groups in total. The van der Waals surface area contributed by atoms with Crippen LogP contribution in [-0.4, -0.2) is 46.2 Å². The molecule has 4 aliphatic rings. The summed E-state index contributed by atoms with van der Waals surface area (Å²) >= 11 is 4.11. The van der Waals surface area contributed by atoms with Gasteiger partial charge in [0.05, 0.1) is 13.2 Å². The summed E-state index contributed by atoms with van der Waals surface area (Å²) in [6.07, 6.45) is 6.88. The summed E-state index contributed by atoms with van der Waals surface area (Å²) in [5.74, 6) is 0.110. The van der Waals surface area contributed by atoms with Gasteiger partial charge in [0.15, 0.2) is 0 Å². The molecule has 6 heteroatoms. The minimum atomic E-state index is -0.429. The van der Waals surface area contributed by atoms with E-state index < -0.39 is 11.9 Å². The zero-order valence-electron chi connectivity index (χ0n) is 13.3. The number of thioether (sulfide) groups is 2. The molecular formula is C17H24O4S2. The lowest BCUT2D eigenvalue weighted by atomic mass is 9.90. The molecule has 2 aliphatic carbocycles. The van der Waals surface area contributed by atoms with E-state index >= 15 is 0 Å². The quantitative estimate of drug-likeness (QED) is 0.414. The van der Waals surface area contributed by atoms with Crippen LogP contribution in [0.2, 0.25) is 0 Å². The molecule has 0 aromatic carbocycles. The largest absolute Gasteiger partial charge is 0.465 e. The lowest BCUT2D eigenvalue weighted by Gasteiger charge is -2.20. The Labute approximate surface area is 145 Å². The van der Waals surface area contributed by atoms with Crippen molar-refractivity contribution in [1.29, 1.82) is 0 Å². The summed E-state index contributed by atoms with van der Waals surface area (Å²) in [6.45, 7) is 0.942. The Kier molecular flexibility index (Phi) is 4.81. The minimum Gasteiger partial charge on any atom is -0.465 e. The third-order valence-corrected chi connectivity index (χ3v) is 8.41. The van der Waals surface area contributed by atoms with E-state index in [0.717, 1.165) is 46.7 Å². The Morgan fingerprint density at radius 2 is 1.22 bits per heavy atom. The molecule has 2 saturated heterocycles. The number of carbonyl (C=O) groups excluding carboxylic acids is 2. The normalized spacial score (nSPS) is 40.5. The van der Waals surface area contributed by atoms with E-state index in [2.05, 4.69) is 23.5 Å². The van der Waals surface area contributed by atoms with Gasteiger partial charge in [-0.2, -0.15) is 23.5 Å². The van der Waals surface area contributed by atoms with Crippen LogP contribution in [0.3, 0.4) is 0 Å². The van der Waals surface area contributed by atoms with Crippen molar-refractivity contribution in [3.63, 3.8) is 0 Å². The SMILES string of the molecule is O=C(CC(=O)OCC1CCC2SC2C1)OCC1CCC2SC2C1. The van der Waals surface area contributed by atoms with Crippen LogP contribution < -0.4 is 0 Å². The molecule has 2 heterocycles. The standard InChI is InChI=1S/C17H24O4S2/c18-16(20-8-10-1-3-12-14(5-10)22-12)7-17(19)21-9-11-2-4-13-15(6-11)23-13/h10-15H,1-9H2. The maximum Gasteiger partial charge on any atom is 0.317 e. The topological polar surface area (TPSA) is 52.6 Å². The number of hydrogen-bond acceptors (Lipinski definition) is 6. The lowest BCUT2D eigenvalue weighted by Crippen LogP contribution is -2.23. The highest BCUT2D eigenvalue weighted by Crippen LogP contribution is 2.53. The maximum absolute atomic E-state index is 11.8. The van der Waals surface area contributed by atoms with E-state index in [4.69, 9.17) is 9.47 Å². The van der Waals surface area contributed by atoms with Crippen LogP contribution in [-0.2, 0) is 19.1 Å². The van der Waals surface area contributed by atoms with E-state index in [0.29, 0.717) is 25.0 Å². The Hall–Kier alpha value is -0.360. The molecule has 128 valence electrons. The van der Waals surface area contributed by atoms with Crippen LogP contribution >= 0.6 is 23.5 Å². The predicted molar refractivity (Wildman–Crippen MR) is 91.6 cm³/mol. The highest BCUT2D eigenvalue weighted by Gasteiger charge is 2.44. The number of hydrogen-bond donors (Lipinski definition) is 0. The molecule has 2 saturated carbocycles. The van der Waals surface area contributed by atoms with Crippen LogP contribution in [0.4, 0.5) is 0 Å². The first-order valence-corrected chi connectivity index (χ1v) is 10.7. The van der Waals surface area contributed by atoms with Crippen LogP contribution in [0.15, 0.2) is 0 Å². The van der Waals surface area contributed by atoms with Gasteiger partial charge in [-0.1, -0.05) is 0 Å². The van der Waals surface area contributed by atoms with Crippen molar-refractivity contribution < 1.29 is 19.1 Å². The van der Waals surface area contributed by atoms with E-state index in [1.807, 2.05) is 0 Å². The zero-order chi connectivity index (χ0) is 15.8. The lowest BCUT2D eigenvalue weighted by molar-refractivity contribution is -0.156. The second kappa shape index (κ2) is 6.87. The van der Waals surface area contributed by atoms with Gasteiger partial charge < -0.3 is 9.47 Å². The average molecular weight is 357 g/mol. The first-order chi connectivity index (χ1) is 11.2. The molecule has 4 fully saturated rings. The van der Waals surface area contributed by atoms with Crippen molar-refractivity contribution in [3.8, 4) is 0 Å². The second-order valence-corrected chi connectivity index (χ2v) is 10.3. The first kappa shape index (κ1) is 16.1. The highest BCUT2D eigenvalue weighted by atomic mass is 32.2. The van der Waals surface area contributed by atoms with Crippen LogP contribution in [0.1, 0.15) is 44.9 Å². The summed E-state index contributed by atoms with van der Waals surface area (Å²) in [5.41, 5.74) is 0. The van der Waals surface area contributed by atoms with Crippen LogP contribution in [0.25, 0.3) is 0 Å². The van der Waals surface area contributed by atoms with Crippen molar-refractivity contribution >= 4 is 35.5 Å². The monoisotopic (exact) mass is 356 g/mol. The highest BCUT2D eigenvalue weighted by molar-refractivity contribution is 8.07. The molecule has 4 nitrogen and oxygen atoms in total. The van der Waals surface area contributed by atoms with Gasteiger partial charge >= 0.3 is 11.9 Å². The van der Waals surface area contributed by atoms with Crippen molar-refractivity contribution in [1.82, 2.24) is 0 Å². The van der Waals surface area contributed by atoms with Gasteiger partial charge in [-0.15, -0.1) is 0 Å². The summed E-state index contributed by atoms with van der Waals surface area (Å²) < 4.78 is 10.6. The molecule has 4 rings (SSSR count). The number of fused-ring (bicyclic) bond motifs is 2. The van der Waals surface area contributed by atoms with Gasteiger partial charge in [-0.05, 0) is 50.4 Å². The molecule has 0 aromatic heterocycles. The minimum absolute atomic E-state index is 0.235. The molecule has 0 spiro atoms. The van der Waals surface area contributed by atoms with Gasteiger partial charge in [0, 0.05) is 21.0 Å². The van der Waals surface area contributed by atoms with E-state index in [1.165, 1.54) is 12.8 Å². The molecule has 0 amide bonds. The fourth-order valence-electron chi connectivity index (χ4n) is 3.92. The smallest absolute Gasteiger partial charge is 0.317 e. The van der Waals surface area contributed by atoms with Crippen LogP contribution in [0.5, 0.6) is 0 Å². The number of carbonyl (C=O) groups is 2. The van der Waals surface area contributed by atoms with Crippen molar-refractivity contribution in [3.05, 3.63) is 0 Å². The molecular weight excluding hydrogens is 332 g/mol.